The molecule has 0 aromatic heterocycles. The molecule has 2 N–H and O–H groups in total. The van der Waals surface area contributed by atoms with E-state index < -0.39 is 10.0 Å². The zero-order chi connectivity index (χ0) is 16.1. The number of hydrogen-bond donors (Lipinski definition) is 1. The molecule has 0 aliphatic rings. The van der Waals surface area contributed by atoms with Gasteiger partial charge < -0.3 is 9.47 Å². The Kier molecular flexibility index (Phi) is 6.19. The minimum atomic E-state index is -3.51. The van der Waals surface area contributed by atoms with Gasteiger partial charge in [-0.15, -0.1) is 0 Å². The SMILES string of the molecule is COc1ccc(COCC(CS(N)(=O)=O)C(C)(C)C)cc1. The maximum Gasteiger partial charge on any atom is 0.209 e. The van der Waals surface area contributed by atoms with Gasteiger partial charge in [0, 0.05) is 5.92 Å². The van der Waals surface area contributed by atoms with Gasteiger partial charge in [-0.3, -0.25) is 0 Å². The summed E-state index contributed by atoms with van der Waals surface area (Å²) in [5, 5.41) is 5.15. The van der Waals surface area contributed by atoms with Crippen LogP contribution in [0.15, 0.2) is 24.3 Å². The molecular formula is C15H25NO4S. The Bertz CT molecular complexity index is 532. The summed E-state index contributed by atoms with van der Waals surface area (Å²) in [5.74, 6) is 0.574. The van der Waals surface area contributed by atoms with Crippen LogP contribution in [0.1, 0.15) is 26.3 Å². The highest BCUT2D eigenvalue weighted by Gasteiger charge is 2.28. The third kappa shape index (κ3) is 6.93. The van der Waals surface area contributed by atoms with Crippen LogP contribution >= 0.6 is 0 Å². The van der Waals surface area contributed by atoms with Gasteiger partial charge in [-0.2, -0.15) is 0 Å². The van der Waals surface area contributed by atoms with E-state index in [1.807, 2.05) is 45.0 Å². The van der Waals surface area contributed by atoms with Crippen LogP contribution in [0.25, 0.3) is 0 Å². The van der Waals surface area contributed by atoms with Crippen LogP contribution in [0.3, 0.4) is 0 Å². The Hall–Kier alpha value is -1.11. The molecule has 0 aliphatic heterocycles. The van der Waals surface area contributed by atoms with Gasteiger partial charge in [0.25, 0.3) is 0 Å². The molecule has 0 bridgehead atoms. The number of benzene rings is 1. The smallest absolute Gasteiger partial charge is 0.209 e. The summed E-state index contributed by atoms with van der Waals surface area (Å²) in [6, 6.07) is 7.57. The molecule has 0 radical (unpaired) electrons. The average molecular weight is 315 g/mol. The first-order chi connectivity index (χ1) is 9.62. The van der Waals surface area contributed by atoms with Crippen molar-refractivity contribution in [3.63, 3.8) is 0 Å². The highest BCUT2D eigenvalue weighted by atomic mass is 32.2. The first kappa shape index (κ1) is 17.9. The van der Waals surface area contributed by atoms with E-state index in [1.54, 1.807) is 7.11 Å². The van der Waals surface area contributed by atoms with Crippen molar-refractivity contribution in [3.05, 3.63) is 29.8 Å². The van der Waals surface area contributed by atoms with E-state index in [2.05, 4.69) is 0 Å². The van der Waals surface area contributed by atoms with Gasteiger partial charge in [-0.05, 0) is 23.1 Å². The maximum absolute atomic E-state index is 11.3. The van der Waals surface area contributed by atoms with Gasteiger partial charge >= 0.3 is 0 Å². The number of sulfonamides is 1. The van der Waals surface area contributed by atoms with E-state index >= 15 is 0 Å². The average Bonchev–Trinajstić information content (AvgIpc) is 2.36. The van der Waals surface area contributed by atoms with Crippen molar-refractivity contribution in [1.82, 2.24) is 0 Å². The van der Waals surface area contributed by atoms with E-state index in [0.717, 1.165) is 11.3 Å². The van der Waals surface area contributed by atoms with Gasteiger partial charge in [0.2, 0.25) is 10.0 Å². The highest BCUT2D eigenvalue weighted by molar-refractivity contribution is 7.89. The van der Waals surface area contributed by atoms with Crippen LogP contribution in [0.5, 0.6) is 5.75 Å². The van der Waals surface area contributed by atoms with Crippen molar-refractivity contribution < 1.29 is 17.9 Å². The van der Waals surface area contributed by atoms with Gasteiger partial charge in [-0.25, -0.2) is 13.6 Å². The van der Waals surface area contributed by atoms with Crippen molar-refractivity contribution in [2.75, 3.05) is 19.5 Å². The van der Waals surface area contributed by atoms with Gasteiger partial charge in [0.05, 0.1) is 26.1 Å². The molecule has 0 aliphatic carbocycles. The fourth-order valence-electron chi connectivity index (χ4n) is 1.87. The normalized spacial score (nSPS) is 14.0. The van der Waals surface area contributed by atoms with Gasteiger partial charge in [-0.1, -0.05) is 32.9 Å². The molecule has 1 aromatic rings. The van der Waals surface area contributed by atoms with E-state index in [9.17, 15) is 8.42 Å². The zero-order valence-electron chi connectivity index (χ0n) is 13.1. The summed E-state index contributed by atoms with van der Waals surface area (Å²) in [5.41, 5.74) is 0.825. The minimum absolute atomic E-state index is 0.0703. The summed E-state index contributed by atoms with van der Waals surface area (Å²) in [6.45, 7) is 6.74. The Morgan fingerprint density at radius 2 is 1.76 bits per heavy atom. The van der Waals surface area contributed by atoms with Crippen LogP contribution in [-0.2, 0) is 21.4 Å². The molecule has 0 fully saturated rings. The summed E-state index contributed by atoms with van der Waals surface area (Å²) in [6.07, 6.45) is 0. The predicted molar refractivity (Wildman–Crippen MR) is 83.6 cm³/mol. The summed E-state index contributed by atoms with van der Waals surface area (Å²) < 4.78 is 33.4. The van der Waals surface area contributed by atoms with Crippen LogP contribution in [0.2, 0.25) is 0 Å². The lowest BCUT2D eigenvalue weighted by molar-refractivity contribution is 0.0552. The van der Waals surface area contributed by atoms with Gasteiger partial charge in [0.15, 0.2) is 0 Å². The lowest BCUT2D eigenvalue weighted by Gasteiger charge is -2.29. The number of rotatable bonds is 7. The Labute approximate surface area is 127 Å². The number of ether oxygens (including phenoxy) is 2. The minimum Gasteiger partial charge on any atom is -0.497 e. The molecule has 1 atom stereocenters. The first-order valence-electron chi connectivity index (χ1n) is 6.83. The third-order valence-electron chi connectivity index (χ3n) is 3.41. The first-order valence-corrected chi connectivity index (χ1v) is 8.54. The van der Waals surface area contributed by atoms with Crippen LogP contribution in [0, 0.1) is 11.3 Å². The molecule has 0 amide bonds. The molecule has 0 saturated carbocycles. The molecule has 0 spiro atoms. The molecule has 1 rings (SSSR count). The van der Waals surface area contributed by atoms with E-state index in [4.69, 9.17) is 14.6 Å². The Morgan fingerprint density at radius 3 is 2.19 bits per heavy atom. The lowest BCUT2D eigenvalue weighted by atomic mass is 9.82. The molecule has 120 valence electrons. The molecule has 1 unspecified atom stereocenters. The molecule has 1 aromatic carbocycles. The van der Waals surface area contributed by atoms with E-state index in [-0.39, 0.29) is 17.1 Å². The van der Waals surface area contributed by atoms with Crippen molar-refractivity contribution in [2.45, 2.75) is 27.4 Å². The van der Waals surface area contributed by atoms with Crippen LogP contribution in [-0.4, -0.2) is 27.9 Å². The second-order valence-corrected chi connectivity index (χ2v) is 7.91. The zero-order valence-corrected chi connectivity index (χ0v) is 13.9. The fourth-order valence-corrected chi connectivity index (χ4v) is 3.03. The lowest BCUT2D eigenvalue weighted by Crippen LogP contribution is -2.34. The van der Waals surface area contributed by atoms with Crippen molar-refractivity contribution in [1.29, 1.82) is 0 Å². The highest BCUT2D eigenvalue weighted by Crippen LogP contribution is 2.27. The Balaban J connectivity index is 2.57. The number of primary sulfonamides is 1. The maximum atomic E-state index is 11.3. The van der Waals surface area contributed by atoms with Crippen molar-refractivity contribution >= 4 is 10.0 Å². The number of nitrogens with two attached hydrogens (primary N) is 1. The summed E-state index contributed by atoms with van der Waals surface area (Å²) in [7, 11) is -1.89. The third-order valence-corrected chi connectivity index (χ3v) is 4.27. The van der Waals surface area contributed by atoms with Crippen LogP contribution < -0.4 is 9.88 Å². The fraction of sp³-hybridized carbons (Fsp3) is 0.600. The second kappa shape index (κ2) is 7.24. The summed E-state index contributed by atoms with van der Waals surface area (Å²) >= 11 is 0. The summed E-state index contributed by atoms with van der Waals surface area (Å²) in [4.78, 5) is 0. The molecule has 5 nitrogen and oxygen atoms in total. The van der Waals surface area contributed by atoms with Crippen LogP contribution in [0.4, 0.5) is 0 Å². The quantitative estimate of drug-likeness (QED) is 0.836. The van der Waals surface area contributed by atoms with Crippen molar-refractivity contribution in [3.8, 4) is 5.75 Å². The number of methoxy groups -OCH3 is 1. The van der Waals surface area contributed by atoms with Gasteiger partial charge in [0.1, 0.15) is 5.75 Å². The molecule has 0 heterocycles. The standard InChI is InChI=1S/C15H25NO4S/c1-15(2,3)13(11-21(16,17)18)10-20-9-12-5-7-14(19-4)8-6-12/h5-8,13H,9-11H2,1-4H3,(H2,16,17,18). The van der Waals surface area contributed by atoms with E-state index in [1.165, 1.54) is 0 Å². The van der Waals surface area contributed by atoms with E-state index in [0.29, 0.717) is 13.2 Å². The number of hydrogen-bond acceptors (Lipinski definition) is 4. The molecular weight excluding hydrogens is 290 g/mol. The predicted octanol–water partition coefficient (Wildman–Crippen LogP) is 2.16. The Morgan fingerprint density at radius 1 is 1.19 bits per heavy atom. The molecule has 6 heteroatoms. The largest absolute Gasteiger partial charge is 0.497 e. The molecule has 0 saturated heterocycles. The monoisotopic (exact) mass is 315 g/mol. The second-order valence-electron chi connectivity index (χ2n) is 6.26. The van der Waals surface area contributed by atoms with Crippen molar-refractivity contribution in [2.24, 2.45) is 16.5 Å². The molecule has 21 heavy (non-hydrogen) atoms. The topological polar surface area (TPSA) is 78.6 Å².